The first-order chi connectivity index (χ1) is 13.6. The van der Waals surface area contributed by atoms with Gasteiger partial charge in [0, 0.05) is 22.2 Å². The molecule has 0 spiro atoms. The number of hydrogen-bond acceptors (Lipinski definition) is 2. The maximum absolute atomic E-state index is 12.7. The predicted octanol–water partition coefficient (Wildman–Crippen LogP) is 5.57. The van der Waals surface area contributed by atoms with Crippen LogP contribution in [0.3, 0.4) is 0 Å². The van der Waals surface area contributed by atoms with Crippen molar-refractivity contribution in [1.29, 1.82) is 0 Å². The molecule has 0 bridgehead atoms. The summed E-state index contributed by atoms with van der Waals surface area (Å²) < 4.78 is 1.95. The van der Waals surface area contributed by atoms with E-state index in [1.165, 1.54) is 0 Å². The normalized spacial score (nSPS) is 10.9. The Kier molecular flexibility index (Phi) is 5.33. The number of halogens is 2. The topological polar surface area (TPSA) is 46.9 Å². The van der Waals surface area contributed by atoms with Gasteiger partial charge in [-0.05, 0) is 35.9 Å². The second-order valence-electron chi connectivity index (χ2n) is 6.47. The van der Waals surface area contributed by atoms with Crippen LogP contribution in [0.2, 0.25) is 10.0 Å². The van der Waals surface area contributed by atoms with E-state index in [4.69, 9.17) is 28.2 Å². The molecule has 0 saturated carbocycles. The monoisotopic (exact) mass is 409 g/mol. The molecule has 0 atom stereocenters. The smallest absolute Gasteiger partial charge is 0.244 e. The molecule has 0 radical (unpaired) electrons. The minimum Gasteiger partial charge on any atom is -0.324 e. The van der Waals surface area contributed by atoms with Crippen molar-refractivity contribution >= 4 is 45.8 Å². The highest BCUT2D eigenvalue weighted by atomic mass is 35.5. The summed E-state index contributed by atoms with van der Waals surface area (Å²) >= 11 is 12.0. The third kappa shape index (κ3) is 4.19. The summed E-state index contributed by atoms with van der Waals surface area (Å²) in [5.74, 6) is 0.669. The fraction of sp³-hybridized carbons (Fsp3) is 0.0909. The number of para-hydroxylation sites is 2. The number of rotatable bonds is 5. The lowest BCUT2D eigenvalue weighted by atomic mass is 10.1. The third-order valence-electron chi connectivity index (χ3n) is 4.39. The van der Waals surface area contributed by atoms with Crippen LogP contribution in [0.4, 0.5) is 5.69 Å². The number of amides is 1. The van der Waals surface area contributed by atoms with Crippen LogP contribution < -0.4 is 5.32 Å². The Morgan fingerprint density at radius 2 is 1.61 bits per heavy atom. The maximum atomic E-state index is 12.7. The zero-order chi connectivity index (χ0) is 19.5. The number of fused-ring (bicyclic) bond motifs is 1. The molecule has 4 aromatic rings. The van der Waals surface area contributed by atoms with Crippen molar-refractivity contribution in [2.75, 3.05) is 5.32 Å². The summed E-state index contributed by atoms with van der Waals surface area (Å²) in [4.78, 5) is 17.4. The molecule has 0 aliphatic carbocycles. The quantitative estimate of drug-likeness (QED) is 0.468. The molecule has 1 amide bonds. The van der Waals surface area contributed by atoms with Crippen LogP contribution in [-0.4, -0.2) is 15.5 Å². The largest absolute Gasteiger partial charge is 0.324 e. The Labute approximate surface area is 172 Å². The highest BCUT2D eigenvalue weighted by Gasteiger charge is 2.14. The van der Waals surface area contributed by atoms with Gasteiger partial charge in [0.2, 0.25) is 5.91 Å². The Balaban J connectivity index is 1.63. The van der Waals surface area contributed by atoms with Gasteiger partial charge in [-0.15, -0.1) is 0 Å². The van der Waals surface area contributed by atoms with Gasteiger partial charge >= 0.3 is 0 Å². The first-order valence-electron chi connectivity index (χ1n) is 8.82. The molecule has 0 saturated heterocycles. The maximum Gasteiger partial charge on any atom is 0.244 e. The Bertz CT molecular complexity index is 1120. The van der Waals surface area contributed by atoms with Crippen molar-refractivity contribution in [1.82, 2.24) is 9.55 Å². The molecule has 0 aliphatic rings. The Morgan fingerprint density at radius 3 is 2.36 bits per heavy atom. The number of carbonyl (C=O) groups excluding carboxylic acids is 1. The second-order valence-corrected chi connectivity index (χ2v) is 7.34. The zero-order valence-electron chi connectivity index (χ0n) is 14.9. The molecule has 4 rings (SSSR count). The highest BCUT2D eigenvalue weighted by molar-refractivity contribution is 6.35. The molecule has 3 aromatic carbocycles. The van der Waals surface area contributed by atoms with Gasteiger partial charge in [-0.25, -0.2) is 4.98 Å². The lowest BCUT2D eigenvalue weighted by molar-refractivity contribution is -0.116. The standard InChI is InChI=1S/C22H17Cl2N3O/c23-16-11-17(24)13-18(12-16)25-22(28)14-27-20-9-5-4-8-19(20)26-21(27)10-15-6-2-1-3-7-15/h1-9,11-13H,10,14H2,(H,25,28). The first kappa shape index (κ1) is 18.5. The van der Waals surface area contributed by atoms with Crippen LogP contribution in [0.1, 0.15) is 11.4 Å². The number of benzene rings is 3. The van der Waals surface area contributed by atoms with E-state index in [1.807, 2.05) is 47.0 Å². The van der Waals surface area contributed by atoms with Crippen LogP contribution in [-0.2, 0) is 17.8 Å². The molecule has 6 heteroatoms. The van der Waals surface area contributed by atoms with Gasteiger partial charge in [-0.3, -0.25) is 4.79 Å². The molecule has 4 nitrogen and oxygen atoms in total. The van der Waals surface area contributed by atoms with Crippen LogP contribution in [0.15, 0.2) is 72.8 Å². The molecule has 0 fully saturated rings. The number of anilines is 1. The molecule has 1 heterocycles. The summed E-state index contributed by atoms with van der Waals surface area (Å²) in [5.41, 5.74) is 3.50. The van der Waals surface area contributed by atoms with Crippen molar-refractivity contribution < 1.29 is 4.79 Å². The van der Waals surface area contributed by atoms with E-state index in [0.29, 0.717) is 22.2 Å². The van der Waals surface area contributed by atoms with Gasteiger partial charge in [0.15, 0.2) is 0 Å². The van der Waals surface area contributed by atoms with Crippen molar-refractivity contribution in [2.24, 2.45) is 0 Å². The van der Waals surface area contributed by atoms with E-state index < -0.39 is 0 Å². The number of nitrogens with one attached hydrogen (secondary N) is 1. The fourth-order valence-corrected chi connectivity index (χ4v) is 3.71. The average molecular weight is 410 g/mol. The van der Waals surface area contributed by atoms with Crippen LogP contribution in [0, 0.1) is 0 Å². The number of carbonyl (C=O) groups is 1. The summed E-state index contributed by atoms with van der Waals surface area (Å²) in [6, 6.07) is 22.9. The molecule has 1 aromatic heterocycles. The van der Waals surface area contributed by atoms with Gasteiger partial charge in [-0.2, -0.15) is 0 Å². The van der Waals surface area contributed by atoms with E-state index in [-0.39, 0.29) is 12.5 Å². The van der Waals surface area contributed by atoms with Crippen molar-refractivity contribution in [2.45, 2.75) is 13.0 Å². The van der Waals surface area contributed by atoms with Gasteiger partial charge in [0.05, 0.1) is 11.0 Å². The third-order valence-corrected chi connectivity index (χ3v) is 4.82. The van der Waals surface area contributed by atoms with E-state index in [9.17, 15) is 4.79 Å². The first-order valence-corrected chi connectivity index (χ1v) is 9.58. The fourth-order valence-electron chi connectivity index (χ4n) is 3.19. The second kappa shape index (κ2) is 8.05. The van der Waals surface area contributed by atoms with Crippen LogP contribution >= 0.6 is 23.2 Å². The molecular formula is C22H17Cl2N3O. The minimum atomic E-state index is -0.171. The summed E-state index contributed by atoms with van der Waals surface area (Å²) in [5, 5.41) is 3.81. The van der Waals surface area contributed by atoms with E-state index >= 15 is 0 Å². The van der Waals surface area contributed by atoms with E-state index in [1.54, 1.807) is 18.2 Å². The van der Waals surface area contributed by atoms with E-state index in [2.05, 4.69) is 17.4 Å². The highest BCUT2D eigenvalue weighted by Crippen LogP contribution is 2.23. The number of hydrogen-bond donors (Lipinski definition) is 1. The Morgan fingerprint density at radius 1 is 0.929 bits per heavy atom. The molecule has 0 aliphatic heterocycles. The zero-order valence-corrected chi connectivity index (χ0v) is 16.4. The lowest BCUT2D eigenvalue weighted by Crippen LogP contribution is -2.20. The summed E-state index contributed by atoms with van der Waals surface area (Å²) in [6.07, 6.45) is 0.645. The van der Waals surface area contributed by atoms with Crippen LogP contribution in [0.25, 0.3) is 11.0 Å². The van der Waals surface area contributed by atoms with Crippen LogP contribution in [0.5, 0.6) is 0 Å². The number of imidazole rings is 1. The van der Waals surface area contributed by atoms with Gasteiger partial charge in [-0.1, -0.05) is 65.7 Å². The molecule has 140 valence electrons. The van der Waals surface area contributed by atoms with Gasteiger partial charge < -0.3 is 9.88 Å². The summed E-state index contributed by atoms with van der Waals surface area (Å²) in [7, 11) is 0. The molecular weight excluding hydrogens is 393 g/mol. The number of aromatic nitrogens is 2. The number of nitrogens with zero attached hydrogens (tertiary/aromatic N) is 2. The average Bonchev–Trinajstić information content (AvgIpc) is 2.99. The molecule has 0 unspecified atom stereocenters. The molecule has 1 N–H and O–H groups in total. The Hall–Kier alpha value is -2.82. The molecule has 28 heavy (non-hydrogen) atoms. The lowest BCUT2D eigenvalue weighted by Gasteiger charge is -2.11. The summed E-state index contributed by atoms with van der Waals surface area (Å²) in [6.45, 7) is 0.146. The minimum absolute atomic E-state index is 0.146. The van der Waals surface area contributed by atoms with Crippen molar-refractivity contribution in [3.05, 3.63) is 94.2 Å². The van der Waals surface area contributed by atoms with Gasteiger partial charge in [0.1, 0.15) is 12.4 Å². The SMILES string of the molecule is O=C(Cn1c(Cc2ccccc2)nc2ccccc21)Nc1cc(Cl)cc(Cl)c1. The van der Waals surface area contributed by atoms with E-state index in [0.717, 1.165) is 22.4 Å². The van der Waals surface area contributed by atoms with Crippen molar-refractivity contribution in [3.8, 4) is 0 Å². The van der Waals surface area contributed by atoms with Gasteiger partial charge in [0.25, 0.3) is 0 Å². The predicted molar refractivity (Wildman–Crippen MR) is 114 cm³/mol. The van der Waals surface area contributed by atoms with Crippen molar-refractivity contribution in [3.63, 3.8) is 0 Å².